The van der Waals surface area contributed by atoms with Crippen molar-refractivity contribution in [1.82, 2.24) is 35.6 Å². The number of β-lactam (4-membered cyclic amide) rings is 1. The van der Waals surface area contributed by atoms with E-state index in [-0.39, 0.29) is 17.3 Å². The molecule has 2 atom stereocenters. The molecule has 2 N–H and O–H groups in total. The van der Waals surface area contributed by atoms with Gasteiger partial charge in [0.15, 0.2) is 6.61 Å². The quantitative estimate of drug-likeness (QED) is 0.255. The van der Waals surface area contributed by atoms with Gasteiger partial charge in [-0.2, -0.15) is 0 Å². The van der Waals surface area contributed by atoms with Gasteiger partial charge in [0.05, 0.1) is 0 Å². The zero-order valence-electron chi connectivity index (χ0n) is 16.7. The molecule has 4 rings (SSSR count). The van der Waals surface area contributed by atoms with Crippen LogP contribution in [0.3, 0.4) is 0 Å². The Hall–Kier alpha value is -3.11. The number of nitrogens with one attached hydrogen (secondary N) is 1. The summed E-state index contributed by atoms with van der Waals surface area (Å²) in [6, 6.07) is 1.42. The second kappa shape index (κ2) is 8.79. The van der Waals surface area contributed by atoms with E-state index in [2.05, 4.69) is 30.5 Å². The third-order valence-corrected chi connectivity index (χ3v) is 7.15. The minimum absolute atomic E-state index is 0.108. The summed E-state index contributed by atoms with van der Waals surface area (Å²) in [5, 5.41) is 26.7. The number of hydrogen-bond donors (Lipinski definition) is 2. The van der Waals surface area contributed by atoms with Crippen LogP contribution in [-0.2, 0) is 26.2 Å². The third-order valence-electron chi connectivity index (χ3n) is 4.68. The Balaban J connectivity index is 1.49. The lowest BCUT2D eigenvalue weighted by molar-refractivity contribution is -0.192. The Morgan fingerprint density at radius 2 is 2.31 bits per heavy atom. The number of carboxylic acid groups (broad SMARTS) is 1. The Bertz CT molecular complexity index is 1070. The summed E-state index contributed by atoms with van der Waals surface area (Å²) < 4.78 is 16.6. The predicted molar refractivity (Wildman–Crippen MR) is 107 cm³/mol. The number of nitrogens with zero attached hydrogens (tertiary/aromatic N) is 6. The van der Waals surface area contributed by atoms with E-state index in [1.54, 1.807) is 7.05 Å². The van der Waals surface area contributed by atoms with Crippen molar-refractivity contribution in [3.8, 4) is 5.88 Å². The van der Waals surface area contributed by atoms with E-state index in [0.717, 1.165) is 4.90 Å². The fourth-order valence-electron chi connectivity index (χ4n) is 3.21. The smallest absolute Gasteiger partial charge is 0.352 e. The number of hydrogen-bond acceptors (Lipinski definition) is 12. The van der Waals surface area contributed by atoms with Crippen molar-refractivity contribution >= 4 is 41.3 Å². The molecule has 32 heavy (non-hydrogen) atoms. The van der Waals surface area contributed by atoms with Gasteiger partial charge in [-0.25, -0.2) is 9.48 Å². The number of carbonyl (C=O) groups is 3. The molecule has 4 heterocycles. The fourth-order valence-corrected chi connectivity index (χ4v) is 5.64. The Kier molecular flexibility index (Phi) is 6.07. The van der Waals surface area contributed by atoms with Crippen LogP contribution in [0.1, 0.15) is 0 Å². The lowest BCUT2D eigenvalue weighted by Crippen LogP contribution is -2.81. The van der Waals surface area contributed by atoms with Crippen LogP contribution >= 0.6 is 23.5 Å². The molecule has 0 unspecified atom stereocenters. The molecule has 14 nitrogen and oxygen atoms in total. The van der Waals surface area contributed by atoms with Crippen LogP contribution in [0.4, 0.5) is 0 Å². The van der Waals surface area contributed by atoms with Crippen molar-refractivity contribution in [2.45, 2.75) is 16.3 Å². The molecule has 0 aromatic carbocycles. The van der Waals surface area contributed by atoms with Gasteiger partial charge in [-0.05, 0) is 21.2 Å². The molecular weight excluding hydrogens is 466 g/mol. The topological polar surface area (TPSA) is 175 Å². The molecule has 0 aliphatic carbocycles. The zero-order chi connectivity index (χ0) is 22.9. The summed E-state index contributed by atoms with van der Waals surface area (Å²) in [5.74, 6) is -1.88. The largest absolute Gasteiger partial charge is 0.477 e. The first-order valence-corrected chi connectivity index (χ1v) is 11.1. The number of rotatable bonds is 9. The van der Waals surface area contributed by atoms with E-state index < -0.39 is 35.5 Å². The van der Waals surface area contributed by atoms with Crippen LogP contribution in [0, 0.1) is 0 Å². The molecular formula is C16H17N7O7S2. The van der Waals surface area contributed by atoms with Crippen LogP contribution in [0.2, 0.25) is 0 Å². The van der Waals surface area contributed by atoms with E-state index in [1.165, 1.54) is 47.6 Å². The van der Waals surface area contributed by atoms with Crippen molar-refractivity contribution < 1.29 is 33.5 Å². The number of amides is 2. The van der Waals surface area contributed by atoms with Gasteiger partial charge in [0.1, 0.15) is 17.3 Å². The maximum Gasteiger partial charge on any atom is 0.352 e. The summed E-state index contributed by atoms with van der Waals surface area (Å²) in [6.07, 6.45) is 1.28. The predicted octanol–water partition coefficient (Wildman–Crippen LogP) is -0.918. The average Bonchev–Trinajstić information content (AvgIpc) is 3.45. The van der Waals surface area contributed by atoms with Crippen molar-refractivity contribution in [3.63, 3.8) is 0 Å². The highest BCUT2D eigenvalue weighted by atomic mass is 32.2. The lowest BCUT2D eigenvalue weighted by Gasteiger charge is -2.55. The highest BCUT2D eigenvalue weighted by Gasteiger charge is 2.66. The van der Waals surface area contributed by atoms with Crippen LogP contribution in [-0.4, -0.2) is 89.5 Å². The summed E-state index contributed by atoms with van der Waals surface area (Å²) in [5.41, 5.74) is -1.31. The lowest BCUT2D eigenvalue weighted by atomic mass is 9.98. The Morgan fingerprint density at radius 1 is 1.50 bits per heavy atom. The normalized spacial score (nSPS) is 22.4. The van der Waals surface area contributed by atoms with Gasteiger partial charge in [-0.3, -0.25) is 14.5 Å². The molecule has 0 bridgehead atoms. The maximum absolute atomic E-state index is 13.0. The van der Waals surface area contributed by atoms with E-state index in [0.29, 0.717) is 16.5 Å². The molecule has 2 amide bonds. The van der Waals surface area contributed by atoms with Gasteiger partial charge < -0.3 is 24.4 Å². The maximum atomic E-state index is 13.0. The van der Waals surface area contributed by atoms with Crippen LogP contribution in [0.25, 0.3) is 0 Å². The number of aliphatic carboxylic acids is 1. The number of carbonyl (C=O) groups excluding carboxylic acids is 2. The molecule has 1 fully saturated rings. The molecule has 2 aromatic heterocycles. The SMILES string of the molecule is CO[C@@]1(NC(=O)COc2ccon2)C(=O)N2C(C(=O)O)=C(CSc3nnnn3C)CS[C@@H]21. The van der Waals surface area contributed by atoms with E-state index in [1.807, 2.05) is 0 Å². The summed E-state index contributed by atoms with van der Waals surface area (Å²) in [6.45, 7) is -0.433. The summed E-state index contributed by atoms with van der Waals surface area (Å²) >= 11 is 2.54. The Morgan fingerprint density at radius 3 is 2.94 bits per heavy atom. The number of carboxylic acids is 1. The van der Waals surface area contributed by atoms with Crippen LogP contribution in [0.5, 0.6) is 5.88 Å². The molecule has 2 aliphatic rings. The van der Waals surface area contributed by atoms with Gasteiger partial charge in [0.25, 0.3) is 23.4 Å². The van der Waals surface area contributed by atoms with Gasteiger partial charge in [-0.1, -0.05) is 11.8 Å². The molecule has 0 spiro atoms. The number of methoxy groups -OCH3 is 1. The molecule has 2 aromatic rings. The van der Waals surface area contributed by atoms with E-state index in [9.17, 15) is 19.5 Å². The van der Waals surface area contributed by atoms with Gasteiger partial charge in [-0.15, -0.1) is 16.9 Å². The number of ether oxygens (including phenoxy) is 2. The molecule has 170 valence electrons. The first kappa shape index (κ1) is 22.1. The second-order valence-corrected chi connectivity index (χ2v) is 8.59. The standard InChI is InChI=1S/C16H17N7O7S2/c1-22-15(18-20-21-22)32-7-8-6-31-14-16(28-2,13(27)23(14)11(8)12(25)26)17-9(24)5-29-10-3-4-30-19-10/h3-4,14H,5-7H2,1-2H3,(H,17,24)(H,25,26)/t14-,16+/m1/s1. The average molecular weight is 483 g/mol. The van der Waals surface area contributed by atoms with Crippen molar-refractivity contribution in [1.29, 1.82) is 0 Å². The fraction of sp³-hybridized carbons (Fsp3) is 0.438. The van der Waals surface area contributed by atoms with Crippen molar-refractivity contribution in [2.75, 3.05) is 25.2 Å². The first-order chi connectivity index (χ1) is 15.4. The highest BCUT2D eigenvalue weighted by molar-refractivity contribution is 8.01. The van der Waals surface area contributed by atoms with E-state index in [4.69, 9.17) is 9.47 Å². The van der Waals surface area contributed by atoms with Gasteiger partial charge in [0, 0.05) is 31.7 Å². The van der Waals surface area contributed by atoms with Crippen molar-refractivity contribution in [2.24, 2.45) is 7.05 Å². The number of aromatic nitrogens is 5. The van der Waals surface area contributed by atoms with Gasteiger partial charge >= 0.3 is 5.97 Å². The molecule has 0 radical (unpaired) electrons. The number of thioether (sulfide) groups is 2. The molecule has 0 saturated carbocycles. The number of aryl methyl sites for hydroxylation is 1. The van der Waals surface area contributed by atoms with Gasteiger partial charge in [0.2, 0.25) is 5.16 Å². The minimum Gasteiger partial charge on any atom is -0.477 e. The van der Waals surface area contributed by atoms with Crippen LogP contribution < -0.4 is 10.1 Å². The monoisotopic (exact) mass is 483 g/mol. The number of tetrazole rings is 1. The number of fused-ring (bicyclic) bond motifs is 1. The zero-order valence-corrected chi connectivity index (χ0v) is 18.4. The Labute approximate surface area is 188 Å². The van der Waals surface area contributed by atoms with Crippen LogP contribution in [0.15, 0.2) is 33.3 Å². The summed E-state index contributed by atoms with van der Waals surface area (Å²) in [4.78, 5) is 38.5. The van der Waals surface area contributed by atoms with E-state index >= 15 is 0 Å². The third kappa shape index (κ3) is 3.80. The summed E-state index contributed by atoms with van der Waals surface area (Å²) in [7, 11) is 2.94. The second-order valence-electron chi connectivity index (χ2n) is 6.58. The molecule has 16 heteroatoms. The first-order valence-electron chi connectivity index (χ1n) is 9.02. The molecule has 1 saturated heterocycles. The highest BCUT2D eigenvalue weighted by Crippen LogP contribution is 2.47. The van der Waals surface area contributed by atoms with Crippen molar-refractivity contribution in [3.05, 3.63) is 23.6 Å². The molecule has 2 aliphatic heterocycles. The minimum atomic E-state index is -1.71.